The van der Waals surface area contributed by atoms with Gasteiger partial charge in [-0.3, -0.25) is 0 Å². The molecule has 1 aromatic heterocycles. The Hall–Kier alpha value is -1.90. The summed E-state index contributed by atoms with van der Waals surface area (Å²) in [5.74, 6) is 0.408. The van der Waals surface area contributed by atoms with E-state index in [0.29, 0.717) is 5.69 Å². The number of H-pyrrole nitrogens is 1. The Bertz CT molecular complexity index is 522. The maximum atomic E-state index is 12.1. The number of hydrogen-bond acceptors (Lipinski definition) is 5. The first-order valence-electron chi connectivity index (χ1n) is 4.73. The fourth-order valence-corrected chi connectivity index (χ4v) is 1.74. The largest absolute Gasteiger partial charge is 0.446 e. The quantitative estimate of drug-likeness (QED) is 0.750. The van der Waals surface area contributed by atoms with E-state index < -0.39 is 5.51 Å². The van der Waals surface area contributed by atoms with E-state index in [1.807, 2.05) is 0 Å². The number of halogens is 3. The summed E-state index contributed by atoms with van der Waals surface area (Å²) < 4.78 is 36.3. The van der Waals surface area contributed by atoms with Gasteiger partial charge in [-0.25, -0.2) is 5.10 Å². The molecule has 4 N–H and O–H groups in total. The number of anilines is 3. The van der Waals surface area contributed by atoms with E-state index >= 15 is 0 Å². The molecule has 18 heavy (non-hydrogen) atoms. The third kappa shape index (κ3) is 3.55. The molecule has 5 nitrogen and oxygen atoms in total. The molecule has 0 unspecified atom stereocenters. The molecule has 2 rings (SSSR count). The van der Waals surface area contributed by atoms with Gasteiger partial charge in [-0.2, -0.15) is 18.2 Å². The maximum Gasteiger partial charge on any atom is 0.446 e. The highest BCUT2D eigenvalue weighted by Gasteiger charge is 2.28. The molecule has 9 heteroatoms. The molecule has 0 saturated heterocycles. The number of nitrogens with one attached hydrogen (secondary N) is 2. The SMILES string of the molecule is Nc1nc(Nc2ccc(SC(F)(F)F)cc2)n[nH]1. The monoisotopic (exact) mass is 275 g/mol. The van der Waals surface area contributed by atoms with Crippen molar-refractivity contribution in [2.45, 2.75) is 10.4 Å². The van der Waals surface area contributed by atoms with Gasteiger partial charge in [-0.05, 0) is 36.0 Å². The van der Waals surface area contributed by atoms with E-state index in [2.05, 4.69) is 20.5 Å². The summed E-state index contributed by atoms with van der Waals surface area (Å²) in [7, 11) is 0. The summed E-state index contributed by atoms with van der Waals surface area (Å²) in [6.07, 6.45) is 0. The van der Waals surface area contributed by atoms with Gasteiger partial charge >= 0.3 is 5.51 Å². The van der Waals surface area contributed by atoms with Gasteiger partial charge in [0.2, 0.25) is 11.9 Å². The number of nitrogens with zero attached hydrogens (tertiary/aromatic N) is 2. The van der Waals surface area contributed by atoms with Crippen molar-refractivity contribution in [1.82, 2.24) is 15.2 Å². The van der Waals surface area contributed by atoms with Crippen LogP contribution in [0.2, 0.25) is 0 Å². The molecule has 0 atom stereocenters. The highest BCUT2D eigenvalue weighted by Crippen LogP contribution is 2.37. The number of benzene rings is 1. The zero-order valence-corrected chi connectivity index (χ0v) is 9.64. The van der Waals surface area contributed by atoms with Gasteiger partial charge in [0, 0.05) is 10.6 Å². The highest BCUT2D eigenvalue weighted by molar-refractivity contribution is 8.00. The summed E-state index contributed by atoms with van der Waals surface area (Å²) in [6, 6.07) is 5.72. The van der Waals surface area contributed by atoms with Crippen molar-refractivity contribution in [3.05, 3.63) is 24.3 Å². The second-order valence-electron chi connectivity index (χ2n) is 3.24. The molecule has 1 heterocycles. The second-order valence-corrected chi connectivity index (χ2v) is 4.38. The van der Waals surface area contributed by atoms with E-state index in [0.717, 1.165) is 0 Å². The van der Waals surface area contributed by atoms with Crippen LogP contribution < -0.4 is 11.1 Å². The molecule has 0 saturated carbocycles. The molecule has 0 aliphatic rings. The Morgan fingerprint density at radius 2 is 1.89 bits per heavy atom. The topological polar surface area (TPSA) is 79.6 Å². The van der Waals surface area contributed by atoms with Crippen molar-refractivity contribution in [2.24, 2.45) is 0 Å². The summed E-state index contributed by atoms with van der Waals surface area (Å²) >= 11 is -0.165. The molecule has 0 aliphatic carbocycles. The Morgan fingerprint density at radius 1 is 1.22 bits per heavy atom. The molecule has 0 spiro atoms. The number of rotatable bonds is 3. The fourth-order valence-electron chi connectivity index (χ4n) is 1.20. The molecule has 0 aliphatic heterocycles. The predicted molar refractivity (Wildman–Crippen MR) is 62.4 cm³/mol. The lowest BCUT2D eigenvalue weighted by molar-refractivity contribution is -0.0328. The van der Waals surface area contributed by atoms with Gasteiger partial charge in [-0.1, -0.05) is 0 Å². The van der Waals surface area contributed by atoms with E-state index in [4.69, 9.17) is 5.73 Å². The zero-order chi connectivity index (χ0) is 13.2. The molecule has 96 valence electrons. The summed E-state index contributed by atoms with van der Waals surface area (Å²) in [5, 5.41) is 8.96. The lowest BCUT2D eigenvalue weighted by Gasteiger charge is -2.06. The van der Waals surface area contributed by atoms with Crippen LogP contribution in [0.5, 0.6) is 0 Å². The minimum absolute atomic E-state index is 0.113. The Morgan fingerprint density at radius 3 is 2.39 bits per heavy atom. The molecular formula is C9H8F3N5S. The summed E-state index contributed by atoms with van der Waals surface area (Å²) in [4.78, 5) is 3.92. The van der Waals surface area contributed by atoms with Crippen LogP contribution in [0.15, 0.2) is 29.2 Å². The molecule has 0 radical (unpaired) electrons. The van der Waals surface area contributed by atoms with E-state index in [1.165, 1.54) is 24.3 Å². The molecular weight excluding hydrogens is 267 g/mol. The number of hydrogen-bond donors (Lipinski definition) is 3. The van der Waals surface area contributed by atoms with Gasteiger partial charge in [0.05, 0.1) is 0 Å². The average molecular weight is 275 g/mol. The molecule has 1 aromatic carbocycles. The number of alkyl halides is 3. The van der Waals surface area contributed by atoms with Crippen LogP contribution in [0, 0.1) is 0 Å². The lowest BCUT2D eigenvalue weighted by Crippen LogP contribution is -1.99. The normalized spacial score (nSPS) is 11.5. The number of nitrogen functional groups attached to an aromatic ring is 1. The van der Waals surface area contributed by atoms with Crippen LogP contribution in [0.25, 0.3) is 0 Å². The van der Waals surface area contributed by atoms with Gasteiger partial charge in [0.15, 0.2) is 0 Å². The highest BCUT2D eigenvalue weighted by atomic mass is 32.2. The van der Waals surface area contributed by atoms with Crippen molar-refractivity contribution in [1.29, 1.82) is 0 Å². The first-order valence-corrected chi connectivity index (χ1v) is 5.55. The van der Waals surface area contributed by atoms with Crippen molar-refractivity contribution in [3.63, 3.8) is 0 Å². The number of thioether (sulfide) groups is 1. The zero-order valence-electron chi connectivity index (χ0n) is 8.82. The summed E-state index contributed by atoms with van der Waals surface area (Å²) in [6.45, 7) is 0. The van der Waals surface area contributed by atoms with Crippen LogP contribution in [-0.2, 0) is 0 Å². The van der Waals surface area contributed by atoms with Crippen molar-refractivity contribution < 1.29 is 13.2 Å². The standard InChI is InChI=1S/C9H8F3N5S/c10-9(11,12)18-6-3-1-5(2-4-6)14-8-15-7(13)16-17-8/h1-4H,(H4,13,14,15,16,17). The van der Waals surface area contributed by atoms with Gasteiger partial charge in [0.1, 0.15) is 0 Å². The first kappa shape index (κ1) is 12.6. The molecule has 0 fully saturated rings. The third-order valence-corrected chi connectivity index (χ3v) is 2.59. The third-order valence-electron chi connectivity index (χ3n) is 1.85. The van der Waals surface area contributed by atoms with E-state index in [-0.39, 0.29) is 28.6 Å². The van der Waals surface area contributed by atoms with E-state index in [1.54, 1.807) is 0 Å². The second kappa shape index (κ2) is 4.77. The van der Waals surface area contributed by atoms with E-state index in [9.17, 15) is 13.2 Å². The molecule has 0 amide bonds. The number of aromatic amines is 1. The van der Waals surface area contributed by atoms with Crippen LogP contribution >= 0.6 is 11.8 Å². The van der Waals surface area contributed by atoms with Crippen LogP contribution in [0.3, 0.4) is 0 Å². The smallest absolute Gasteiger partial charge is 0.368 e. The Labute approximate surface area is 104 Å². The van der Waals surface area contributed by atoms with Crippen molar-refractivity contribution >= 4 is 29.3 Å². The van der Waals surface area contributed by atoms with Crippen LogP contribution in [-0.4, -0.2) is 20.7 Å². The Balaban J connectivity index is 2.04. The molecule has 0 bridgehead atoms. The number of aromatic nitrogens is 3. The van der Waals surface area contributed by atoms with Crippen molar-refractivity contribution in [2.75, 3.05) is 11.1 Å². The predicted octanol–water partition coefficient (Wildman–Crippen LogP) is 2.74. The minimum Gasteiger partial charge on any atom is -0.368 e. The first-order chi connectivity index (χ1) is 8.42. The average Bonchev–Trinajstić information content (AvgIpc) is 2.65. The van der Waals surface area contributed by atoms with Gasteiger partial charge in [0.25, 0.3) is 0 Å². The van der Waals surface area contributed by atoms with Crippen molar-refractivity contribution in [3.8, 4) is 0 Å². The van der Waals surface area contributed by atoms with Crippen LogP contribution in [0.1, 0.15) is 0 Å². The molecule has 2 aromatic rings. The lowest BCUT2D eigenvalue weighted by atomic mass is 10.3. The minimum atomic E-state index is -4.28. The van der Waals surface area contributed by atoms with Gasteiger partial charge in [-0.15, -0.1) is 5.10 Å². The van der Waals surface area contributed by atoms with Crippen LogP contribution in [0.4, 0.5) is 30.8 Å². The number of nitrogens with two attached hydrogens (primary N) is 1. The maximum absolute atomic E-state index is 12.1. The summed E-state index contributed by atoms with van der Waals surface area (Å²) in [5.41, 5.74) is 1.61. The van der Waals surface area contributed by atoms with Gasteiger partial charge < -0.3 is 11.1 Å². The fraction of sp³-hybridized carbons (Fsp3) is 0.111. The Kier molecular flexibility index (Phi) is 3.32.